The summed E-state index contributed by atoms with van der Waals surface area (Å²) in [7, 11) is 0. The number of hydrogen-bond acceptors (Lipinski definition) is 2. The second-order valence-electron chi connectivity index (χ2n) is 7.19. The van der Waals surface area contributed by atoms with Gasteiger partial charge in [-0.3, -0.25) is 4.99 Å². The maximum absolute atomic E-state index is 14.2. The van der Waals surface area contributed by atoms with Crippen LogP contribution in [-0.4, -0.2) is 50.3 Å². The first-order chi connectivity index (χ1) is 12.2. The number of aliphatic imine (C=N–C) groups is 1. The molecule has 1 atom stereocenters. The Labute approximate surface area is 173 Å². The first-order valence-corrected chi connectivity index (χ1v) is 9.54. The summed E-state index contributed by atoms with van der Waals surface area (Å²) in [4.78, 5) is 7.21. The van der Waals surface area contributed by atoms with Crippen molar-refractivity contribution in [1.29, 1.82) is 0 Å². The Kier molecular flexibility index (Phi) is 8.13. The van der Waals surface area contributed by atoms with Crippen molar-refractivity contribution in [2.75, 3.05) is 39.4 Å². The minimum absolute atomic E-state index is 0. The average Bonchev–Trinajstić information content (AvgIpc) is 3.26. The van der Waals surface area contributed by atoms with Gasteiger partial charge in [-0.15, -0.1) is 24.0 Å². The molecule has 0 aromatic heterocycles. The molecule has 1 aromatic rings. The number of nitrogens with one attached hydrogen (secondary N) is 1. The molecule has 2 fully saturated rings. The minimum atomic E-state index is -0.101. The third-order valence-electron chi connectivity index (χ3n) is 5.31. The van der Waals surface area contributed by atoms with E-state index >= 15 is 0 Å². The van der Waals surface area contributed by atoms with E-state index in [9.17, 15) is 4.39 Å². The predicted molar refractivity (Wildman–Crippen MR) is 115 cm³/mol. The van der Waals surface area contributed by atoms with Crippen LogP contribution in [0.4, 0.5) is 4.39 Å². The molecule has 0 radical (unpaired) electrons. The van der Waals surface area contributed by atoms with E-state index in [2.05, 4.69) is 17.1 Å². The zero-order valence-electron chi connectivity index (χ0n) is 15.8. The van der Waals surface area contributed by atoms with Crippen molar-refractivity contribution in [2.24, 2.45) is 10.9 Å². The molecule has 26 heavy (non-hydrogen) atoms. The molecule has 1 aromatic carbocycles. The monoisotopic (exact) mass is 475 g/mol. The number of ether oxygens (including phenoxy) is 1. The van der Waals surface area contributed by atoms with Crippen LogP contribution in [0.1, 0.15) is 38.7 Å². The van der Waals surface area contributed by atoms with Gasteiger partial charge in [0, 0.05) is 37.6 Å². The first kappa shape index (κ1) is 21.4. The molecule has 1 heterocycles. The van der Waals surface area contributed by atoms with Crippen LogP contribution in [-0.2, 0) is 10.2 Å². The Morgan fingerprint density at radius 3 is 2.77 bits per heavy atom. The number of likely N-dealkylation sites (tertiary alicyclic amines) is 1. The Balaban J connectivity index is 0.00000243. The molecule has 0 amide bonds. The van der Waals surface area contributed by atoms with Gasteiger partial charge in [0.15, 0.2) is 5.96 Å². The highest BCUT2D eigenvalue weighted by Gasteiger charge is 2.46. The van der Waals surface area contributed by atoms with Gasteiger partial charge in [0.25, 0.3) is 0 Å². The van der Waals surface area contributed by atoms with Gasteiger partial charge >= 0.3 is 0 Å². The molecule has 1 saturated heterocycles. The Bertz CT molecular complexity index is 606. The molecule has 3 rings (SSSR count). The lowest BCUT2D eigenvalue weighted by molar-refractivity contribution is 0.114. The minimum Gasteiger partial charge on any atom is -0.381 e. The van der Waals surface area contributed by atoms with Crippen LogP contribution in [0.2, 0.25) is 0 Å². The molecule has 2 aliphatic rings. The van der Waals surface area contributed by atoms with Gasteiger partial charge < -0.3 is 15.0 Å². The van der Waals surface area contributed by atoms with Crippen molar-refractivity contribution < 1.29 is 9.13 Å². The summed E-state index contributed by atoms with van der Waals surface area (Å²) in [5.41, 5.74) is 0.724. The third-order valence-corrected chi connectivity index (χ3v) is 5.31. The van der Waals surface area contributed by atoms with Crippen molar-refractivity contribution in [3.05, 3.63) is 35.6 Å². The van der Waals surface area contributed by atoms with Gasteiger partial charge in [-0.05, 0) is 44.7 Å². The van der Waals surface area contributed by atoms with Crippen molar-refractivity contribution in [1.82, 2.24) is 10.2 Å². The van der Waals surface area contributed by atoms with E-state index < -0.39 is 0 Å². The molecule has 0 bridgehead atoms. The number of benzene rings is 1. The van der Waals surface area contributed by atoms with Crippen LogP contribution in [0.3, 0.4) is 0 Å². The van der Waals surface area contributed by atoms with Gasteiger partial charge in [0.05, 0.1) is 13.2 Å². The van der Waals surface area contributed by atoms with Crippen molar-refractivity contribution >= 4 is 29.9 Å². The summed E-state index contributed by atoms with van der Waals surface area (Å²) < 4.78 is 19.8. The van der Waals surface area contributed by atoms with Crippen molar-refractivity contribution in [3.63, 3.8) is 0 Å². The number of rotatable bonds is 7. The van der Waals surface area contributed by atoms with Gasteiger partial charge in [0.1, 0.15) is 5.82 Å². The standard InChI is InChI=1S/C20H30FN3O.HI/c1-3-22-19(24-12-9-16(13-24)14-25-4-2)23-15-20(10-11-20)17-7-5-6-8-18(17)21;/h5-8,16H,3-4,9-15H2,1-2H3,(H,22,23);1H. The maximum Gasteiger partial charge on any atom is 0.193 e. The van der Waals surface area contributed by atoms with E-state index in [-0.39, 0.29) is 35.2 Å². The molecule has 6 heteroatoms. The van der Waals surface area contributed by atoms with Gasteiger partial charge in [0.2, 0.25) is 0 Å². The van der Waals surface area contributed by atoms with E-state index in [1.165, 1.54) is 0 Å². The van der Waals surface area contributed by atoms with Crippen LogP contribution in [0.15, 0.2) is 29.3 Å². The summed E-state index contributed by atoms with van der Waals surface area (Å²) in [5.74, 6) is 1.44. The van der Waals surface area contributed by atoms with Gasteiger partial charge in [-0.2, -0.15) is 0 Å². The zero-order valence-corrected chi connectivity index (χ0v) is 18.2. The second kappa shape index (κ2) is 9.88. The van der Waals surface area contributed by atoms with Gasteiger partial charge in [-0.1, -0.05) is 18.2 Å². The normalized spacial score (nSPS) is 21.4. The molecule has 1 aliphatic carbocycles. The Morgan fingerprint density at radius 2 is 2.12 bits per heavy atom. The lowest BCUT2D eigenvalue weighted by Gasteiger charge is -2.23. The van der Waals surface area contributed by atoms with Crippen LogP contribution in [0.5, 0.6) is 0 Å². The van der Waals surface area contributed by atoms with E-state index in [1.54, 1.807) is 12.1 Å². The molecular weight excluding hydrogens is 444 g/mol. The largest absolute Gasteiger partial charge is 0.381 e. The molecular formula is C20H31FIN3O. The number of guanidine groups is 1. The highest BCUT2D eigenvalue weighted by atomic mass is 127. The van der Waals surface area contributed by atoms with E-state index in [1.807, 2.05) is 19.1 Å². The van der Waals surface area contributed by atoms with Crippen LogP contribution in [0, 0.1) is 11.7 Å². The molecule has 1 aliphatic heterocycles. The highest BCUT2D eigenvalue weighted by molar-refractivity contribution is 14.0. The molecule has 1 unspecified atom stereocenters. The zero-order chi connectivity index (χ0) is 17.7. The summed E-state index contributed by atoms with van der Waals surface area (Å²) in [6.07, 6.45) is 3.18. The maximum atomic E-state index is 14.2. The Hall–Kier alpha value is -0.890. The Morgan fingerprint density at radius 1 is 1.35 bits per heavy atom. The number of nitrogens with zero attached hydrogens (tertiary/aromatic N) is 2. The summed E-state index contributed by atoms with van der Waals surface area (Å²) in [5, 5.41) is 3.41. The quantitative estimate of drug-likeness (QED) is 0.371. The highest BCUT2D eigenvalue weighted by Crippen LogP contribution is 2.49. The fourth-order valence-electron chi connectivity index (χ4n) is 3.65. The molecule has 146 valence electrons. The number of halogens is 2. The molecule has 1 saturated carbocycles. The van der Waals surface area contributed by atoms with E-state index in [0.717, 1.165) is 63.6 Å². The first-order valence-electron chi connectivity index (χ1n) is 9.54. The topological polar surface area (TPSA) is 36.9 Å². The fraction of sp³-hybridized carbons (Fsp3) is 0.650. The van der Waals surface area contributed by atoms with E-state index in [0.29, 0.717) is 12.5 Å². The predicted octanol–water partition coefficient (Wildman–Crippen LogP) is 3.80. The summed E-state index contributed by atoms with van der Waals surface area (Å²) in [6, 6.07) is 7.15. The SMILES string of the molecule is CCNC(=NCC1(c2ccccc2F)CC1)N1CCC(COCC)C1.I. The lowest BCUT2D eigenvalue weighted by atomic mass is 9.95. The van der Waals surface area contributed by atoms with Crippen LogP contribution in [0.25, 0.3) is 0 Å². The summed E-state index contributed by atoms with van der Waals surface area (Å²) >= 11 is 0. The van der Waals surface area contributed by atoms with Crippen LogP contribution >= 0.6 is 24.0 Å². The number of hydrogen-bond donors (Lipinski definition) is 1. The molecule has 1 N–H and O–H groups in total. The van der Waals surface area contributed by atoms with Gasteiger partial charge in [-0.25, -0.2) is 4.39 Å². The lowest BCUT2D eigenvalue weighted by Crippen LogP contribution is -2.40. The van der Waals surface area contributed by atoms with Crippen LogP contribution < -0.4 is 5.32 Å². The fourth-order valence-corrected chi connectivity index (χ4v) is 3.65. The third kappa shape index (κ3) is 5.09. The van der Waals surface area contributed by atoms with Crippen molar-refractivity contribution in [2.45, 2.75) is 38.5 Å². The van der Waals surface area contributed by atoms with E-state index in [4.69, 9.17) is 9.73 Å². The molecule has 4 nitrogen and oxygen atoms in total. The van der Waals surface area contributed by atoms with Crippen molar-refractivity contribution in [3.8, 4) is 0 Å². The smallest absolute Gasteiger partial charge is 0.193 e. The second-order valence-corrected chi connectivity index (χ2v) is 7.19. The molecule has 0 spiro atoms. The average molecular weight is 475 g/mol. The summed E-state index contributed by atoms with van der Waals surface area (Å²) in [6.45, 7) is 9.22.